The number of thiophene rings is 2. The van der Waals surface area contributed by atoms with Crippen molar-refractivity contribution in [3.05, 3.63) is 164 Å². The van der Waals surface area contributed by atoms with Crippen molar-refractivity contribution in [1.29, 1.82) is 0 Å². The van der Waals surface area contributed by atoms with Crippen molar-refractivity contribution in [2.24, 2.45) is 0 Å². The van der Waals surface area contributed by atoms with Gasteiger partial charge in [-0.05, 0) is 85.6 Å². The predicted octanol–water partition coefficient (Wildman–Crippen LogP) is 14.2. The predicted molar refractivity (Wildman–Crippen MR) is 232 cm³/mol. The third-order valence-corrected chi connectivity index (χ3v) is 13.1. The van der Waals surface area contributed by atoms with E-state index in [-0.39, 0.29) is 0 Å². The maximum atomic E-state index is 5.26. The summed E-state index contributed by atoms with van der Waals surface area (Å²) < 4.78 is 5.13. The Morgan fingerprint density at radius 2 is 0.889 bits per heavy atom. The van der Waals surface area contributed by atoms with Crippen molar-refractivity contribution in [3.63, 3.8) is 0 Å². The van der Waals surface area contributed by atoms with Gasteiger partial charge in [-0.1, -0.05) is 121 Å². The fourth-order valence-corrected chi connectivity index (χ4v) is 10.6. The lowest BCUT2D eigenvalue weighted by atomic mass is 9.94. The molecule has 3 nitrogen and oxygen atoms in total. The summed E-state index contributed by atoms with van der Waals surface area (Å²) in [5.41, 5.74) is 2.94. The zero-order chi connectivity index (χ0) is 35.3. The summed E-state index contributed by atoms with van der Waals surface area (Å²) in [6.07, 6.45) is 0. The third-order valence-electron chi connectivity index (χ3n) is 10.9. The van der Waals surface area contributed by atoms with E-state index in [9.17, 15) is 0 Å². The highest BCUT2D eigenvalue weighted by atomic mass is 32.1. The molecule has 0 atom stereocenters. The molecule has 0 unspecified atom stereocenters. The van der Waals surface area contributed by atoms with Gasteiger partial charge in [0, 0.05) is 57.0 Å². The van der Waals surface area contributed by atoms with E-state index in [2.05, 4.69) is 164 Å². The van der Waals surface area contributed by atoms with Crippen molar-refractivity contribution in [2.75, 3.05) is 0 Å². The molecule has 0 saturated heterocycles. The Hall–Kier alpha value is -6.53. The average molecular weight is 722 g/mol. The summed E-state index contributed by atoms with van der Waals surface area (Å²) >= 11 is 3.67. The highest BCUT2D eigenvalue weighted by Crippen LogP contribution is 2.42. The molecule has 0 spiro atoms. The summed E-state index contributed by atoms with van der Waals surface area (Å²) in [5, 5.41) is 14.8. The third kappa shape index (κ3) is 4.56. The Kier molecular flexibility index (Phi) is 6.38. The van der Waals surface area contributed by atoms with E-state index in [4.69, 9.17) is 15.0 Å². The van der Waals surface area contributed by atoms with Gasteiger partial charge in [0.25, 0.3) is 0 Å². The van der Waals surface area contributed by atoms with Gasteiger partial charge in [0.15, 0.2) is 17.5 Å². The lowest BCUT2D eigenvalue weighted by molar-refractivity contribution is 1.08. The minimum atomic E-state index is 0.658. The van der Waals surface area contributed by atoms with Gasteiger partial charge in [0.05, 0.1) is 0 Å². The van der Waals surface area contributed by atoms with Crippen LogP contribution in [0.25, 0.3) is 118 Å². The summed E-state index contributed by atoms with van der Waals surface area (Å²) in [5.74, 6) is 1.99. The van der Waals surface area contributed by atoms with Crippen LogP contribution in [0.3, 0.4) is 0 Å². The molecule has 3 aromatic heterocycles. The second kappa shape index (κ2) is 11.5. The van der Waals surface area contributed by atoms with Crippen LogP contribution in [0.4, 0.5) is 0 Å². The highest BCUT2D eigenvalue weighted by Gasteiger charge is 2.18. The van der Waals surface area contributed by atoms with Gasteiger partial charge in [0.1, 0.15) is 0 Å². The van der Waals surface area contributed by atoms with Crippen molar-refractivity contribution in [3.8, 4) is 34.2 Å². The Morgan fingerprint density at radius 1 is 0.296 bits per heavy atom. The fourth-order valence-electron chi connectivity index (χ4n) is 8.29. The zero-order valence-corrected chi connectivity index (χ0v) is 30.4. The molecule has 12 rings (SSSR count). The molecule has 5 heteroatoms. The standard InChI is InChI=1S/C49H27N3S2/c1-2-9-30-24-33(21-16-28(30)8-1)47-50-48(52-49(51-47)38-12-7-15-43-46(38)37-11-4-6-14-42(37)53-43)34-22-23-35-31(25-34)19-17-29-18-20-32-26-44-40(27-39(32)45(29)35)36-10-3-5-13-41(36)54-44/h1-27H. The first-order valence-electron chi connectivity index (χ1n) is 18.1. The Bertz CT molecular complexity index is 3520. The second-order valence-electron chi connectivity index (χ2n) is 14.0. The van der Waals surface area contributed by atoms with Crippen molar-refractivity contribution in [2.45, 2.75) is 0 Å². The van der Waals surface area contributed by atoms with E-state index in [0.29, 0.717) is 17.5 Å². The van der Waals surface area contributed by atoms with Gasteiger partial charge in [-0.3, -0.25) is 0 Å². The van der Waals surface area contributed by atoms with Gasteiger partial charge >= 0.3 is 0 Å². The molecular weight excluding hydrogens is 695 g/mol. The van der Waals surface area contributed by atoms with Gasteiger partial charge in [-0.25, -0.2) is 15.0 Å². The smallest absolute Gasteiger partial charge is 0.164 e. The monoisotopic (exact) mass is 721 g/mol. The number of aromatic nitrogens is 3. The molecule has 9 aromatic carbocycles. The maximum Gasteiger partial charge on any atom is 0.164 e. The van der Waals surface area contributed by atoms with Gasteiger partial charge in [-0.15, -0.1) is 22.7 Å². The Balaban J connectivity index is 1.09. The van der Waals surface area contributed by atoms with E-state index in [1.54, 1.807) is 11.3 Å². The molecule has 0 amide bonds. The van der Waals surface area contributed by atoms with Crippen LogP contribution < -0.4 is 0 Å². The maximum absolute atomic E-state index is 5.26. The zero-order valence-electron chi connectivity index (χ0n) is 28.7. The van der Waals surface area contributed by atoms with E-state index in [1.165, 1.54) is 72.7 Å². The molecule has 0 bridgehead atoms. The van der Waals surface area contributed by atoms with Crippen molar-refractivity contribution >= 4 is 106 Å². The molecule has 0 aliphatic heterocycles. The number of rotatable bonds is 3. The average Bonchev–Trinajstić information content (AvgIpc) is 3.80. The summed E-state index contributed by atoms with van der Waals surface area (Å²) in [7, 11) is 0. The summed E-state index contributed by atoms with van der Waals surface area (Å²) in [6.45, 7) is 0. The van der Waals surface area contributed by atoms with Crippen LogP contribution in [0.2, 0.25) is 0 Å². The molecule has 0 aliphatic rings. The minimum Gasteiger partial charge on any atom is -0.208 e. The van der Waals surface area contributed by atoms with E-state index in [0.717, 1.165) is 27.5 Å². The second-order valence-corrected chi connectivity index (χ2v) is 16.1. The van der Waals surface area contributed by atoms with Gasteiger partial charge < -0.3 is 0 Å². The van der Waals surface area contributed by atoms with E-state index >= 15 is 0 Å². The van der Waals surface area contributed by atoms with Crippen molar-refractivity contribution in [1.82, 2.24) is 15.0 Å². The summed E-state index contributed by atoms with van der Waals surface area (Å²) in [4.78, 5) is 15.7. The molecule has 250 valence electrons. The van der Waals surface area contributed by atoms with Gasteiger partial charge in [-0.2, -0.15) is 0 Å². The highest BCUT2D eigenvalue weighted by molar-refractivity contribution is 7.26. The number of benzene rings is 9. The number of nitrogens with zero attached hydrogens (tertiary/aromatic N) is 3. The van der Waals surface area contributed by atoms with Crippen LogP contribution in [-0.2, 0) is 0 Å². The van der Waals surface area contributed by atoms with Crippen LogP contribution in [0.15, 0.2) is 164 Å². The normalized spacial score (nSPS) is 12.1. The van der Waals surface area contributed by atoms with Crippen LogP contribution in [0, 0.1) is 0 Å². The number of hydrogen-bond acceptors (Lipinski definition) is 5. The SMILES string of the molecule is c1ccc2cc(-c3nc(-c4ccc5c(ccc6ccc7cc8sc9ccccc9c8cc7c65)c4)nc(-c4cccc5sc6ccccc6c45)n3)ccc2c1. The minimum absolute atomic E-state index is 0.658. The first-order chi connectivity index (χ1) is 26.7. The van der Waals surface area contributed by atoms with Crippen LogP contribution in [-0.4, -0.2) is 15.0 Å². The first kappa shape index (κ1) is 30.0. The Labute approximate surface area is 317 Å². The van der Waals surface area contributed by atoms with Crippen LogP contribution >= 0.6 is 22.7 Å². The molecule has 0 N–H and O–H groups in total. The van der Waals surface area contributed by atoms with Gasteiger partial charge in [0.2, 0.25) is 0 Å². The topological polar surface area (TPSA) is 38.7 Å². The molecular formula is C49H27N3S2. The largest absolute Gasteiger partial charge is 0.208 e. The van der Waals surface area contributed by atoms with Crippen molar-refractivity contribution < 1.29 is 0 Å². The molecule has 3 heterocycles. The lowest BCUT2D eigenvalue weighted by Crippen LogP contribution is -2.00. The molecule has 0 fully saturated rings. The van der Waals surface area contributed by atoms with E-state index < -0.39 is 0 Å². The van der Waals surface area contributed by atoms with E-state index in [1.807, 2.05) is 11.3 Å². The number of fused-ring (bicyclic) bond motifs is 12. The summed E-state index contributed by atoms with van der Waals surface area (Å²) in [6, 6.07) is 59.1. The molecule has 12 aromatic rings. The molecule has 0 saturated carbocycles. The van der Waals surface area contributed by atoms with Crippen LogP contribution in [0.5, 0.6) is 0 Å². The quantitative estimate of drug-likeness (QED) is 0.171. The molecule has 0 aliphatic carbocycles. The first-order valence-corrected chi connectivity index (χ1v) is 19.7. The number of hydrogen-bond donors (Lipinski definition) is 0. The molecule has 54 heavy (non-hydrogen) atoms. The van der Waals surface area contributed by atoms with Crippen LogP contribution in [0.1, 0.15) is 0 Å². The Morgan fingerprint density at radius 3 is 1.72 bits per heavy atom. The molecule has 0 radical (unpaired) electrons. The fraction of sp³-hybridized carbons (Fsp3) is 0. The lowest BCUT2D eigenvalue weighted by Gasteiger charge is -2.12.